The molecule has 1 aliphatic heterocycles. The molecule has 2 aromatic carbocycles. The number of amides is 2. The standard InChI is InChI=1S/C26H32N4O4/c1-19(31)27-23-7-3-21(4-8-23)25(33)11-13-29-15-17-30(18-16-29)14-12-26(34)22-5-9-24(10-6-22)28-20(2)32/h3-10H,11-18H2,1-2H3,(H,27,31)(H,28,32). The topological polar surface area (TPSA) is 98.8 Å². The van der Waals surface area contributed by atoms with Crippen molar-refractivity contribution in [3.05, 3.63) is 59.7 Å². The molecule has 0 aromatic heterocycles. The van der Waals surface area contributed by atoms with E-state index in [-0.39, 0.29) is 23.4 Å². The van der Waals surface area contributed by atoms with Crippen LogP contribution >= 0.6 is 0 Å². The molecule has 1 aliphatic rings. The molecule has 34 heavy (non-hydrogen) atoms. The van der Waals surface area contributed by atoms with Crippen LogP contribution in [0.25, 0.3) is 0 Å². The summed E-state index contributed by atoms with van der Waals surface area (Å²) in [5.41, 5.74) is 2.66. The average molecular weight is 465 g/mol. The Morgan fingerprint density at radius 3 is 1.24 bits per heavy atom. The van der Waals surface area contributed by atoms with Crippen LogP contribution in [-0.2, 0) is 9.59 Å². The first-order valence-electron chi connectivity index (χ1n) is 11.6. The molecular formula is C26H32N4O4. The minimum Gasteiger partial charge on any atom is -0.326 e. The summed E-state index contributed by atoms with van der Waals surface area (Å²) in [5.74, 6) is -0.0984. The van der Waals surface area contributed by atoms with E-state index in [1.54, 1.807) is 48.5 Å². The zero-order chi connectivity index (χ0) is 24.5. The van der Waals surface area contributed by atoms with Crippen LogP contribution in [0.3, 0.4) is 0 Å². The number of piperazine rings is 1. The molecule has 8 heteroatoms. The maximum atomic E-state index is 12.5. The summed E-state index contributed by atoms with van der Waals surface area (Å²) in [6, 6.07) is 14.0. The highest BCUT2D eigenvalue weighted by Gasteiger charge is 2.19. The lowest BCUT2D eigenvalue weighted by molar-refractivity contribution is -0.115. The number of nitrogens with zero attached hydrogens (tertiary/aromatic N) is 2. The number of hydrogen-bond donors (Lipinski definition) is 2. The first-order valence-corrected chi connectivity index (χ1v) is 11.6. The van der Waals surface area contributed by atoms with E-state index in [0.717, 1.165) is 26.2 Å². The van der Waals surface area contributed by atoms with E-state index in [9.17, 15) is 19.2 Å². The monoisotopic (exact) mass is 464 g/mol. The molecule has 0 radical (unpaired) electrons. The molecule has 2 N–H and O–H groups in total. The van der Waals surface area contributed by atoms with Gasteiger partial charge in [0.1, 0.15) is 0 Å². The molecule has 3 rings (SSSR count). The number of anilines is 2. The highest BCUT2D eigenvalue weighted by atomic mass is 16.2. The molecule has 1 fully saturated rings. The van der Waals surface area contributed by atoms with Gasteiger partial charge in [-0.3, -0.25) is 19.2 Å². The molecule has 0 atom stereocenters. The predicted molar refractivity (Wildman–Crippen MR) is 132 cm³/mol. The molecule has 1 saturated heterocycles. The van der Waals surface area contributed by atoms with E-state index < -0.39 is 0 Å². The van der Waals surface area contributed by atoms with Crippen molar-refractivity contribution in [1.29, 1.82) is 0 Å². The second-order valence-corrected chi connectivity index (χ2v) is 8.55. The second kappa shape index (κ2) is 12.2. The minimum atomic E-state index is -0.139. The van der Waals surface area contributed by atoms with Gasteiger partial charge in [-0.2, -0.15) is 0 Å². The number of ketones is 2. The Bertz CT molecular complexity index is 927. The van der Waals surface area contributed by atoms with Gasteiger partial charge < -0.3 is 20.4 Å². The number of Topliss-reactive ketones (excluding diaryl/α,β-unsaturated/α-hetero) is 2. The van der Waals surface area contributed by atoms with E-state index in [4.69, 9.17) is 0 Å². The molecule has 0 saturated carbocycles. The minimum absolute atomic E-state index is 0.0897. The van der Waals surface area contributed by atoms with Gasteiger partial charge in [-0.15, -0.1) is 0 Å². The maximum absolute atomic E-state index is 12.5. The number of carbonyl (C=O) groups is 4. The van der Waals surface area contributed by atoms with Gasteiger partial charge in [0.15, 0.2) is 11.6 Å². The third-order valence-electron chi connectivity index (χ3n) is 5.83. The number of nitrogens with one attached hydrogen (secondary N) is 2. The summed E-state index contributed by atoms with van der Waals surface area (Å²) in [4.78, 5) is 51.7. The first-order chi connectivity index (χ1) is 16.3. The molecule has 2 amide bonds. The van der Waals surface area contributed by atoms with Crippen molar-refractivity contribution in [3.63, 3.8) is 0 Å². The highest BCUT2D eigenvalue weighted by Crippen LogP contribution is 2.14. The van der Waals surface area contributed by atoms with E-state index in [1.807, 2.05) is 0 Å². The predicted octanol–water partition coefficient (Wildman–Crippen LogP) is 3.07. The highest BCUT2D eigenvalue weighted by molar-refractivity contribution is 5.97. The van der Waals surface area contributed by atoms with Crippen LogP contribution < -0.4 is 10.6 Å². The lowest BCUT2D eigenvalue weighted by Crippen LogP contribution is -2.47. The Morgan fingerprint density at radius 2 is 0.941 bits per heavy atom. The van der Waals surface area contributed by atoms with Gasteiger partial charge in [-0.25, -0.2) is 0 Å². The Kier molecular flexibility index (Phi) is 9.07. The molecule has 0 bridgehead atoms. The fourth-order valence-electron chi connectivity index (χ4n) is 3.93. The zero-order valence-corrected chi connectivity index (χ0v) is 19.8. The van der Waals surface area contributed by atoms with E-state index >= 15 is 0 Å². The summed E-state index contributed by atoms with van der Waals surface area (Å²) in [5, 5.41) is 5.39. The van der Waals surface area contributed by atoms with Gasteiger partial charge in [0, 0.05) is 88.5 Å². The average Bonchev–Trinajstić information content (AvgIpc) is 2.82. The first kappa shape index (κ1) is 25.3. The number of carbonyl (C=O) groups excluding carboxylic acids is 4. The molecule has 1 heterocycles. The summed E-state index contributed by atoms with van der Waals surface area (Å²) in [6.07, 6.45) is 0.902. The lowest BCUT2D eigenvalue weighted by Gasteiger charge is -2.34. The maximum Gasteiger partial charge on any atom is 0.221 e. The largest absolute Gasteiger partial charge is 0.326 e. The fourth-order valence-corrected chi connectivity index (χ4v) is 3.93. The quantitative estimate of drug-likeness (QED) is 0.525. The Labute approximate surface area is 200 Å². The molecule has 0 spiro atoms. The van der Waals surface area contributed by atoms with Gasteiger partial charge >= 0.3 is 0 Å². The van der Waals surface area contributed by atoms with Crippen LogP contribution in [0.2, 0.25) is 0 Å². The van der Waals surface area contributed by atoms with E-state index in [0.29, 0.717) is 48.4 Å². The third kappa shape index (κ3) is 7.90. The molecule has 0 aliphatic carbocycles. The number of rotatable bonds is 10. The van der Waals surface area contributed by atoms with Crippen molar-refractivity contribution in [2.75, 3.05) is 49.9 Å². The van der Waals surface area contributed by atoms with Gasteiger partial charge in [-0.05, 0) is 48.5 Å². The van der Waals surface area contributed by atoms with Crippen LogP contribution in [-0.4, -0.2) is 72.4 Å². The Balaban J connectivity index is 1.35. The van der Waals surface area contributed by atoms with Crippen molar-refractivity contribution < 1.29 is 19.2 Å². The van der Waals surface area contributed by atoms with Crippen molar-refractivity contribution >= 4 is 34.8 Å². The van der Waals surface area contributed by atoms with Gasteiger partial charge in [0.2, 0.25) is 11.8 Å². The summed E-state index contributed by atoms with van der Waals surface area (Å²) in [7, 11) is 0. The van der Waals surface area contributed by atoms with E-state index in [2.05, 4.69) is 20.4 Å². The van der Waals surface area contributed by atoms with Gasteiger partial charge in [0.05, 0.1) is 0 Å². The molecule has 0 unspecified atom stereocenters. The molecule has 180 valence electrons. The van der Waals surface area contributed by atoms with Crippen LogP contribution in [0.15, 0.2) is 48.5 Å². The van der Waals surface area contributed by atoms with E-state index in [1.165, 1.54) is 13.8 Å². The van der Waals surface area contributed by atoms with Crippen LogP contribution in [0.4, 0.5) is 11.4 Å². The summed E-state index contributed by atoms with van der Waals surface area (Å²) < 4.78 is 0. The normalized spacial score (nSPS) is 14.4. The smallest absolute Gasteiger partial charge is 0.221 e. The Hall–Kier alpha value is -3.36. The van der Waals surface area contributed by atoms with Gasteiger partial charge in [-0.1, -0.05) is 0 Å². The fraction of sp³-hybridized carbons (Fsp3) is 0.385. The van der Waals surface area contributed by atoms with Crippen LogP contribution in [0.5, 0.6) is 0 Å². The third-order valence-corrected chi connectivity index (χ3v) is 5.83. The zero-order valence-electron chi connectivity index (χ0n) is 19.8. The van der Waals surface area contributed by atoms with Crippen molar-refractivity contribution in [2.45, 2.75) is 26.7 Å². The van der Waals surface area contributed by atoms with Crippen LogP contribution in [0.1, 0.15) is 47.4 Å². The molecular weight excluding hydrogens is 432 g/mol. The van der Waals surface area contributed by atoms with Crippen molar-refractivity contribution in [2.24, 2.45) is 0 Å². The number of hydrogen-bond acceptors (Lipinski definition) is 6. The van der Waals surface area contributed by atoms with Crippen molar-refractivity contribution in [3.8, 4) is 0 Å². The van der Waals surface area contributed by atoms with Crippen molar-refractivity contribution in [1.82, 2.24) is 9.80 Å². The SMILES string of the molecule is CC(=O)Nc1ccc(C(=O)CCN2CCN(CCC(=O)c3ccc(NC(C)=O)cc3)CC2)cc1. The Morgan fingerprint density at radius 1 is 0.618 bits per heavy atom. The second-order valence-electron chi connectivity index (χ2n) is 8.55. The summed E-state index contributed by atoms with van der Waals surface area (Å²) >= 11 is 0. The molecule has 8 nitrogen and oxygen atoms in total. The van der Waals surface area contributed by atoms with Gasteiger partial charge in [0.25, 0.3) is 0 Å². The van der Waals surface area contributed by atoms with Crippen LogP contribution in [0, 0.1) is 0 Å². The lowest BCUT2D eigenvalue weighted by atomic mass is 10.1. The number of benzene rings is 2. The molecule has 2 aromatic rings. The summed E-state index contributed by atoms with van der Waals surface area (Å²) in [6.45, 7) is 7.79.